The zero-order valence-electron chi connectivity index (χ0n) is 27.2. The number of likely N-dealkylation sites (tertiary alicyclic amines) is 1. The van der Waals surface area contributed by atoms with E-state index in [0.717, 1.165) is 49.7 Å². The summed E-state index contributed by atoms with van der Waals surface area (Å²) in [5.74, 6) is 1.82. The summed E-state index contributed by atoms with van der Waals surface area (Å²) in [4.78, 5) is 44.0. The second-order valence-electron chi connectivity index (χ2n) is 13.3. The number of methoxy groups -OCH3 is 1. The van der Waals surface area contributed by atoms with Crippen LogP contribution in [0.15, 0.2) is 47.3 Å². The van der Waals surface area contributed by atoms with Crippen molar-refractivity contribution in [2.75, 3.05) is 40.0 Å². The molecular weight excluding hydrogens is 588 g/mol. The fraction of sp³-hybridized carbons (Fsp3) is 0.514. The number of benzene rings is 2. The third-order valence-corrected chi connectivity index (χ3v) is 8.70. The molecule has 1 N–H and O–H groups in total. The second kappa shape index (κ2) is 13.2. The molecule has 0 spiro atoms. The van der Waals surface area contributed by atoms with Crippen molar-refractivity contribution in [2.24, 2.45) is 0 Å². The maximum absolute atomic E-state index is 13.5. The van der Waals surface area contributed by atoms with Gasteiger partial charge in [-0.25, -0.2) is 4.79 Å². The van der Waals surface area contributed by atoms with Crippen LogP contribution in [0.3, 0.4) is 0 Å². The molecule has 11 nitrogen and oxygen atoms in total. The quantitative estimate of drug-likeness (QED) is 0.365. The lowest BCUT2D eigenvalue weighted by atomic mass is 10.0. The van der Waals surface area contributed by atoms with Crippen molar-refractivity contribution in [3.05, 3.63) is 63.9 Å². The molecule has 1 aliphatic carbocycles. The average molecular weight is 633 g/mol. The Balaban J connectivity index is 1.15. The van der Waals surface area contributed by atoms with Crippen molar-refractivity contribution in [3.8, 4) is 17.2 Å². The van der Waals surface area contributed by atoms with Crippen molar-refractivity contribution in [2.45, 2.75) is 77.2 Å². The highest BCUT2D eigenvalue weighted by Gasteiger charge is 2.32. The monoisotopic (exact) mass is 632 g/mol. The molecule has 0 atom stereocenters. The number of hydrogen-bond acceptors (Lipinski definition) is 8. The number of hydrogen-bond donors (Lipinski definition) is 1. The Morgan fingerprint density at radius 3 is 2.39 bits per heavy atom. The molecule has 2 fully saturated rings. The number of rotatable bonds is 9. The third kappa shape index (κ3) is 7.41. The van der Waals surface area contributed by atoms with Crippen molar-refractivity contribution in [3.63, 3.8) is 0 Å². The summed E-state index contributed by atoms with van der Waals surface area (Å²) in [5.41, 5.74) is 1.20. The number of ether oxygens (including phenoxy) is 4. The molecule has 1 saturated heterocycles. The Morgan fingerprint density at radius 2 is 1.70 bits per heavy atom. The van der Waals surface area contributed by atoms with Gasteiger partial charge in [0.1, 0.15) is 24.6 Å². The molecule has 3 aliphatic rings. The van der Waals surface area contributed by atoms with E-state index >= 15 is 0 Å². The maximum Gasteiger partial charge on any atom is 0.410 e. The largest absolute Gasteiger partial charge is 0.497 e. The zero-order valence-corrected chi connectivity index (χ0v) is 27.2. The van der Waals surface area contributed by atoms with E-state index in [1.165, 1.54) is 6.07 Å². The SMILES string of the molecule is COc1ccc2c(C(=O)NC3CC3)cc(=O)n(CCN3CCC(N(Cc4ccc5c(c4)OCCO5)C(=O)OC(C)(C)C)CC3)c2c1. The Labute approximate surface area is 269 Å². The maximum atomic E-state index is 13.5. The molecule has 0 unspecified atom stereocenters. The molecule has 2 aromatic carbocycles. The van der Waals surface area contributed by atoms with E-state index in [2.05, 4.69) is 10.2 Å². The summed E-state index contributed by atoms with van der Waals surface area (Å²) in [6.07, 6.45) is 3.15. The van der Waals surface area contributed by atoms with Crippen LogP contribution in [0, 0.1) is 0 Å². The van der Waals surface area contributed by atoms with E-state index in [9.17, 15) is 14.4 Å². The van der Waals surface area contributed by atoms with Crippen molar-refractivity contribution in [1.82, 2.24) is 19.7 Å². The van der Waals surface area contributed by atoms with E-state index in [-0.39, 0.29) is 29.6 Å². The topological polar surface area (TPSA) is 112 Å². The third-order valence-electron chi connectivity index (χ3n) is 8.70. The standard InChI is InChI=1S/C35H44N4O7/c1-35(2,3)46-34(42)39(22-23-5-10-30-31(19-23)45-18-17-44-30)25-11-13-37(14-12-25)15-16-38-29-20-26(43-4)8-9-27(29)28(21-32(38)40)33(41)36-24-6-7-24/h5,8-10,19-21,24-25H,6-7,11-18,22H2,1-4H3,(H,36,41). The van der Waals surface area contributed by atoms with Gasteiger partial charge < -0.3 is 38.6 Å². The van der Waals surface area contributed by atoms with E-state index in [1.807, 2.05) is 62.1 Å². The van der Waals surface area contributed by atoms with Gasteiger partial charge in [-0.05, 0) is 76.3 Å². The Morgan fingerprint density at radius 1 is 0.957 bits per heavy atom. The second-order valence-corrected chi connectivity index (χ2v) is 13.3. The van der Waals surface area contributed by atoms with E-state index in [4.69, 9.17) is 18.9 Å². The first-order valence-electron chi connectivity index (χ1n) is 16.2. The lowest BCUT2D eigenvalue weighted by molar-refractivity contribution is 0.00561. The first kappa shape index (κ1) is 31.7. The summed E-state index contributed by atoms with van der Waals surface area (Å²) in [6, 6.07) is 12.9. The van der Waals surface area contributed by atoms with Gasteiger partial charge in [0.15, 0.2) is 11.5 Å². The smallest absolute Gasteiger partial charge is 0.410 e. The Hall–Kier alpha value is -4.25. The van der Waals surface area contributed by atoms with Crippen LogP contribution in [-0.4, -0.2) is 84.0 Å². The summed E-state index contributed by atoms with van der Waals surface area (Å²) in [6.45, 7) is 9.71. The molecule has 1 aromatic heterocycles. The summed E-state index contributed by atoms with van der Waals surface area (Å²) in [7, 11) is 1.59. The number of nitrogens with zero attached hydrogens (tertiary/aromatic N) is 3. The number of nitrogens with one attached hydrogen (secondary N) is 1. The van der Waals surface area contributed by atoms with Gasteiger partial charge >= 0.3 is 6.09 Å². The van der Waals surface area contributed by atoms with Crippen LogP contribution in [-0.2, 0) is 17.8 Å². The highest BCUT2D eigenvalue weighted by molar-refractivity contribution is 6.06. The van der Waals surface area contributed by atoms with Crippen LogP contribution in [0.4, 0.5) is 4.79 Å². The first-order chi connectivity index (χ1) is 22.1. The average Bonchev–Trinajstić information content (AvgIpc) is 3.86. The van der Waals surface area contributed by atoms with Gasteiger partial charge in [0.05, 0.1) is 18.2 Å². The molecule has 2 amide bonds. The molecule has 0 radical (unpaired) electrons. The van der Waals surface area contributed by atoms with Crippen molar-refractivity contribution >= 4 is 22.9 Å². The number of carbonyl (C=O) groups excluding carboxylic acids is 2. The van der Waals surface area contributed by atoms with Gasteiger partial charge in [0.25, 0.3) is 11.5 Å². The number of piperidine rings is 1. The molecule has 3 heterocycles. The van der Waals surface area contributed by atoms with Gasteiger partial charge in [-0.3, -0.25) is 9.59 Å². The molecule has 11 heteroatoms. The van der Waals surface area contributed by atoms with Gasteiger partial charge in [-0.15, -0.1) is 0 Å². The highest BCUT2D eigenvalue weighted by atomic mass is 16.6. The van der Waals surface area contributed by atoms with Gasteiger partial charge in [0, 0.05) is 62.3 Å². The predicted octanol–water partition coefficient (Wildman–Crippen LogP) is 4.58. The van der Waals surface area contributed by atoms with Crippen LogP contribution in [0.1, 0.15) is 62.4 Å². The molecule has 46 heavy (non-hydrogen) atoms. The normalized spacial score (nSPS) is 17.0. The molecule has 2 aliphatic heterocycles. The van der Waals surface area contributed by atoms with E-state index in [1.54, 1.807) is 11.7 Å². The molecule has 1 saturated carbocycles. The lowest BCUT2D eigenvalue weighted by Gasteiger charge is -2.39. The van der Waals surface area contributed by atoms with Crippen LogP contribution < -0.4 is 25.1 Å². The molecular formula is C35H44N4O7. The number of fused-ring (bicyclic) bond motifs is 2. The van der Waals surface area contributed by atoms with Gasteiger partial charge in [-0.1, -0.05) is 6.07 Å². The van der Waals surface area contributed by atoms with Crippen LogP contribution in [0.2, 0.25) is 0 Å². The van der Waals surface area contributed by atoms with E-state index < -0.39 is 5.60 Å². The summed E-state index contributed by atoms with van der Waals surface area (Å²) < 4.78 is 24.5. The number of carbonyl (C=O) groups is 2. The number of aromatic nitrogens is 1. The summed E-state index contributed by atoms with van der Waals surface area (Å²) >= 11 is 0. The Bertz CT molecular complexity index is 1650. The van der Waals surface area contributed by atoms with Crippen LogP contribution >= 0.6 is 0 Å². The van der Waals surface area contributed by atoms with Crippen LogP contribution in [0.5, 0.6) is 17.2 Å². The minimum atomic E-state index is -0.615. The summed E-state index contributed by atoms with van der Waals surface area (Å²) in [5, 5.41) is 3.73. The van der Waals surface area contributed by atoms with E-state index in [0.29, 0.717) is 61.2 Å². The van der Waals surface area contributed by atoms with Crippen molar-refractivity contribution < 1.29 is 28.5 Å². The Kier molecular flexibility index (Phi) is 9.13. The fourth-order valence-electron chi connectivity index (χ4n) is 6.14. The van der Waals surface area contributed by atoms with Gasteiger partial charge in [0.2, 0.25) is 0 Å². The minimum absolute atomic E-state index is 0.00335. The lowest BCUT2D eigenvalue weighted by Crippen LogP contribution is -2.49. The van der Waals surface area contributed by atoms with Gasteiger partial charge in [-0.2, -0.15) is 0 Å². The number of pyridine rings is 1. The molecule has 3 aromatic rings. The molecule has 0 bridgehead atoms. The number of amides is 2. The fourth-order valence-corrected chi connectivity index (χ4v) is 6.14. The van der Waals surface area contributed by atoms with Crippen LogP contribution in [0.25, 0.3) is 10.9 Å². The first-order valence-corrected chi connectivity index (χ1v) is 16.2. The minimum Gasteiger partial charge on any atom is -0.497 e. The predicted molar refractivity (Wildman–Crippen MR) is 174 cm³/mol. The highest BCUT2D eigenvalue weighted by Crippen LogP contribution is 2.32. The van der Waals surface area contributed by atoms with Crippen molar-refractivity contribution in [1.29, 1.82) is 0 Å². The molecule has 246 valence electrons. The zero-order chi connectivity index (χ0) is 32.4. The molecule has 6 rings (SSSR count).